The average Bonchev–Trinajstić information content (AvgIpc) is 2.59. The van der Waals surface area contributed by atoms with E-state index in [1.165, 1.54) is 12.1 Å². The van der Waals surface area contributed by atoms with Gasteiger partial charge in [0.2, 0.25) is 0 Å². The van der Waals surface area contributed by atoms with E-state index in [-0.39, 0.29) is 42.4 Å². The van der Waals surface area contributed by atoms with Gasteiger partial charge in [-0.1, -0.05) is 25.0 Å². The van der Waals surface area contributed by atoms with E-state index >= 15 is 0 Å². The van der Waals surface area contributed by atoms with Crippen LogP contribution in [0.5, 0.6) is 5.75 Å². The van der Waals surface area contributed by atoms with Crippen molar-refractivity contribution in [3.05, 3.63) is 29.8 Å². The second kappa shape index (κ2) is 11.6. The predicted octanol–water partition coefficient (Wildman–Crippen LogP) is 4.36. The molecule has 2 fully saturated rings. The molecule has 29 heavy (non-hydrogen) atoms. The van der Waals surface area contributed by atoms with E-state index in [4.69, 9.17) is 0 Å². The van der Waals surface area contributed by atoms with E-state index in [0.29, 0.717) is 6.04 Å². The fourth-order valence-corrected chi connectivity index (χ4v) is 4.50. The van der Waals surface area contributed by atoms with Crippen molar-refractivity contribution < 1.29 is 23.0 Å². The molecule has 1 saturated heterocycles. The Balaban J connectivity index is 0.00000210. The number of piperazine rings is 1. The summed E-state index contributed by atoms with van der Waals surface area (Å²) in [5, 5.41) is 14.0. The van der Waals surface area contributed by atoms with Gasteiger partial charge in [0.25, 0.3) is 0 Å². The van der Waals surface area contributed by atoms with Crippen LogP contribution in [0.25, 0.3) is 0 Å². The molecule has 1 heterocycles. The Labute approximate surface area is 183 Å². The summed E-state index contributed by atoms with van der Waals surface area (Å²) < 4.78 is 42.0. The molecule has 4 atom stereocenters. The van der Waals surface area contributed by atoms with Crippen molar-refractivity contribution in [2.24, 2.45) is 5.92 Å². The smallest absolute Gasteiger partial charge is 0.406 e. The van der Waals surface area contributed by atoms with Gasteiger partial charge in [0, 0.05) is 38.1 Å². The number of rotatable bonds is 5. The first-order valence-electron chi connectivity index (χ1n) is 9.81. The van der Waals surface area contributed by atoms with Gasteiger partial charge in [-0.3, -0.25) is 4.90 Å². The third-order valence-corrected chi connectivity index (χ3v) is 5.73. The second-order valence-electron chi connectivity index (χ2n) is 7.86. The average molecular weight is 459 g/mol. The Kier molecular flexibility index (Phi) is 10.5. The quantitative estimate of drug-likeness (QED) is 0.687. The molecule has 1 aromatic carbocycles. The van der Waals surface area contributed by atoms with Gasteiger partial charge >= 0.3 is 6.36 Å². The van der Waals surface area contributed by atoms with Gasteiger partial charge in [0.15, 0.2) is 0 Å². The SMILES string of the molecule is C[C@H]1CN(C[C@H](c2cccc(OC(F)(F)F)c2)C2CCCCC2O)CCN1.Cl.Cl. The molecule has 0 amide bonds. The fraction of sp³-hybridized carbons (Fsp3) is 0.700. The van der Waals surface area contributed by atoms with Gasteiger partial charge in [-0.05, 0) is 43.4 Å². The van der Waals surface area contributed by atoms with Crippen LogP contribution in [-0.4, -0.2) is 54.7 Å². The Bertz CT molecular complexity index is 622. The summed E-state index contributed by atoms with van der Waals surface area (Å²) in [6.07, 6.45) is -1.39. The van der Waals surface area contributed by atoms with Crippen LogP contribution in [0.1, 0.15) is 44.1 Å². The number of hydrogen-bond acceptors (Lipinski definition) is 4. The number of aliphatic hydroxyl groups is 1. The molecule has 1 saturated carbocycles. The minimum absolute atomic E-state index is 0. The minimum Gasteiger partial charge on any atom is -0.406 e. The van der Waals surface area contributed by atoms with Gasteiger partial charge in [-0.15, -0.1) is 38.0 Å². The van der Waals surface area contributed by atoms with Crippen molar-refractivity contribution in [2.75, 3.05) is 26.2 Å². The molecule has 0 bridgehead atoms. The molecule has 3 rings (SSSR count). The van der Waals surface area contributed by atoms with Crippen LogP contribution in [0.2, 0.25) is 0 Å². The summed E-state index contributed by atoms with van der Waals surface area (Å²) in [6.45, 7) is 5.58. The Hall–Kier alpha value is -0.730. The van der Waals surface area contributed by atoms with Crippen molar-refractivity contribution in [3.63, 3.8) is 0 Å². The number of benzene rings is 1. The maximum Gasteiger partial charge on any atom is 0.573 e. The zero-order chi connectivity index (χ0) is 19.4. The Morgan fingerprint density at radius 1 is 1.24 bits per heavy atom. The molecule has 1 aliphatic carbocycles. The lowest BCUT2D eigenvalue weighted by Crippen LogP contribution is -2.51. The molecule has 9 heteroatoms. The molecule has 1 aromatic rings. The van der Waals surface area contributed by atoms with Crippen LogP contribution >= 0.6 is 24.8 Å². The second-order valence-corrected chi connectivity index (χ2v) is 7.86. The molecule has 2 N–H and O–H groups in total. The molecule has 0 spiro atoms. The molecule has 2 unspecified atom stereocenters. The molecular formula is C20H31Cl2F3N2O2. The lowest BCUT2D eigenvalue weighted by atomic mass is 9.74. The van der Waals surface area contributed by atoms with Gasteiger partial charge in [0.05, 0.1) is 6.10 Å². The summed E-state index contributed by atoms with van der Waals surface area (Å²) in [5.74, 6) is -0.142. The van der Waals surface area contributed by atoms with Crippen molar-refractivity contribution >= 4 is 24.8 Å². The van der Waals surface area contributed by atoms with E-state index in [1.54, 1.807) is 6.07 Å². The van der Waals surface area contributed by atoms with Crippen molar-refractivity contribution in [2.45, 2.75) is 57.0 Å². The Morgan fingerprint density at radius 2 is 1.97 bits per heavy atom. The lowest BCUT2D eigenvalue weighted by molar-refractivity contribution is -0.274. The lowest BCUT2D eigenvalue weighted by Gasteiger charge is -2.40. The van der Waals surface area contributed by atoms with E-state index in [2.05, 4.69) is 21.9 Å². The van der Waals surface area contributed by atoms with Crippen molar-refractivity contribution in [1.82, 2.24) is 10.2 Å². The molecule has 0 aromatic heterocycles. The number of alkyl halides is 3. The third kappa shape index (κ3) is 7.79. The summed E-state index contributed by atoms with van der Waals surface area (Å²) in [6, 6.07) is 6.68. The van der Waals surface area contributed by atoms with Crippen LogP contribution < -0.4 is 10.1 Å². The van der Waals surface area contributed by atoms with E-state index in [0.717, 1.165) is 57.4 Å². The normalized spacial score (nSPS) is 26.7. The van der Waals surface area contributed by atoms with E-state index in [9.17, 15) is 18.3 Å². The number of halogens is 5. The van der Waals surface area contributed by atoms with E-state index in [1.807, 2.05) is 6.07 Å². The third-order valence-electron chi connectivity index (χ3n) is 5.73. The maximum absolute atomic E-state index is 12.6. The van der Waals surface area contributed by atoms with E-state index < -0.39 is 12.5 Å². The van der Waals surface area contributed by atoms with Crippen molar-refractivity contribution in [3.8, 4) is 5.75 Å². The van der Waals surface area contributed by atoms with Crippen LogP contribution in [0, 0.1) is 5.92 Å². The first-order chi connectivity index (χ1) is 12.8. The topological polar surface area (TPSA) is 44.7 Å². The molecule has 4 nitrogen and oxygen atoms in total. The number of nitrogens with zero attached hydrogens (tertiary/aromatic N) is 1. The standard InChI is InChI=1S/C20H29F3N2O2.2ClH/c1-14-12-25(10-9-24-14)13-18(17-7-2-3-8-19(17)26)15-5-4-6-16(11-15)27-20(21,22)23;;/h4-6,11,14,17-19,24,26H,2-3,7-10,12-13H2,1H3;2*1H/t14-,17?,18+,19?;;/m0../s1. The highest BCUT2D eigenvalue weighted by Crippen LogP contribution is 2.38. The van der Waals surface area contributed by atoms with Crippen molar-refractivity contribution in [1.29, 1.82) is 0 Å². The molecule has 168 valence electrons. The monoisotopic (exact) mass is 458 g/mol. The number of hydrogen-bond donors (Lipinski definition) is 2. The molecule has 1 aliphatic heterocycles. The highest BCUT2D eigenvalue weighted by atomic mass is 35.5. The number of ether oxygens (including phenoxy) is 1. The Morgan fingerprint density at radius 3 is 2.62 bits per heavy atom. The molecular weight excluding hydrogens is 428 g/mol. The maximum atomic E-state index is 12.6. The summed E-state index contributed by atoms with van der Waals surface area (Å²) in [4.78, 5) is 2.35. The first-order valence-corrected chi connectivity index (χ1v) is 9.81. The summed E-state index contributed by atoms with van der Waals surface area (Å²) in [7, 11) is 0. The van der Waals surface area contributed by atoms with Crippen LogP contribution in [0.15, 0.2) is 24.3 Å². The first kappa shape index (κ1) is 26.3. The van der Waals surface area contributed by atoms with Gasteiger partial charge < -0.3 is 15.2 Å². The summed E-state index contributed by atoms with van der Waals surface area (Å²) >= 11 is 0. The zero-order valence-corrected chi connectivity index (χ0v) is 18.2. The van der Waals surface area contributed by atoms with Crippen LogP contribution in [0.3, 0.4) is 0 Å². The fourth-order valence-electron chi connectivity index (χ4n) is 4.50. The predicted molar refractivity (Wildman–Crippen MR) is 112 cm³/mol. The van der Waals surface area contributed by atoms with Crippen LogP contribution in [0.4, 0.5) is 13.2 Å². The van der Waals surface area contributed by atoms with Gasteiger partial charge in [-0.2, -0.15) is 0 Å². The number of nitrogens with one attached hydrogen (secondary N) is 1. The minimum atomic E-state index is -4.70. The van der Waals surface area contributed by atoms with Crippen LogP contribution in [-0.2, 0) is 0 Å². The highest BCUT2D eigenvalue weighted by molar-refractivity contribution is 5.85. The molecule has 2 aliphatic rings. The largest absolute Gasteiger partial charge is 0.573 e. The van der Waals surface area contributed by atoms with Gasteiger partial charge in [0.1, 0.15) is 5.75 Å². The molecule has 0 radical (unpaired) electrons. The number of aliphatic hydroxyl groups excluding tert-OH is 1. The van der Waals surface area contributed by atoms with Gasteiger partial charge in [-0.25, -0.2) is 0 Å². The zero-order valence-electron chi connectivity index (χ0n) is 16.5. The summed E-state index contributed by atoms with van der Waals surface area (Å²) in [5.41, 5.74) is 0.814. The highest BCUT2D eigenvalue weighted by Gasteiger charge is 2.35.